The number of rotatable bonds is 5. The summed E-state index contributed by atoms with van der Waals surface area (Å²) in [6.45, 7) is 8.22. The van der Waals surface area contributed by atoms with Crippen LogP contribution in [0.4, 0.5) is 0 Å². The SMILES string of the molecule is CCc1nnc(C)cc1C(NC)c1c(Cl)cnn1C(C)C. The Labute approximate surface area is 130 Å². The third-order valence-electron chi connectivity index (χ3n) is 3.51. The molecule has 2 rings (SSSR count). The highest BCUT2D eigenvalue weighted by atomic mass is 35.5. The molecule has 0 amide bonds. The molecule has 0 fully saturated rings. The van der Waals surface area contributed by atoms with Crippen LogP contribution in [0.1, 0.15) is 55.5 Å². The molecule has 21 heavy (non-hydrogen) atoms. The predicted molar refractivity (Wildman–Crippen MR) is 84.7 cm³/mol. The lowest BCUT2D eigenvalue weighted by molar-refractivity contribution is 0.482. The average Bonchev–Trinajstić information content (AvgIpc) is 2.82. The second-order valence-electron chi connectivity index (χ2n) is 5.38. The van der Waals surface area contributed by atoms with Gasteiger partial charge in [-0.2, -0.15) is 15.3 Å². The second kappa shape index (κ2) is 6.54. The van der Waals surface area contributed by atoms with Crippen LogP contribution in [0.2, 0.25) is 5.02 Å². The Balaban J connectivity index is 2.60. The molecular formula is C15H22ClN5. The van der Waals surface area contributed by atoms with E-state index in [-0.39, 0.29) is 12.1 Å². The Kier molecular flexibility index (Phi) is 4.96. The van der Waals surface area contributed by atoms with Crippen molar-refractivity contribution in [2.24, 2.45) is 0 Å². The normalized spacial score (nSPS) is 12.9. The van der Waals surface area contributed by atoms with Gasteiger partial charge in [-0.25, -0.2) is 0 Å². The van der Waals surface area contributed by atoms with Crippen LogP contribution < -0.4 is 5.32 Å². The molecule has 1 N–H and O–H groups in total. The van der Waals surface area contributed by atoms with E-state index < -0.39 is 0 Å². The van der Waals surface area contributed by atoms with Crippen LogP contribution in [-0.4, -0.2) is 27.0 Å². The van der Waals surface area contributed by atoms with E-state index in [1.165, 1.54) is 0 Å². The molecule has 1 atom stereocenters. The summed E-state index contributed by atoms with van der Waals surface area (Å²) >= 11 is 6.39. The van der Waals surface area contributed by atoms with Gasteiger partial charge in [-0.05, 0) is 40.3 Å². The summed E-state index contributed by atoms with van der Waals surface area (Å²) in [6, 6.07) is 2.26. The van der Waals surface area contributed by atoms with E-state index in [9.17, 15) is 0 Å². The van der Waals surface area contributed by atoms with Crippen molar-refractivity contribution in [1.82, 2.24) is 25.3 Å². The number of halogens is 1. The van der Waals surface area contributed by atoms with Gasteiger partial charge in [-0.1, -0.05) is 18.5 Å². The van der Waals surface area contributed by atoms with E-state index in [1.54, 1.807) is 6.20 Å². The Morgan fingerprint density at radius 3 is 2.62 bits per heavy atom. The van der Waals surface area contributed by atoms with Gasteiger partial charge < -0.3 is 5.32 Å². The molecule has 0 bridgehead atoms. The van der Waals surface area contributed by atoms with E-state index in [4.69, 9.17) is 11.6 Å². The van der Waals surface area contributed by atoms with Gasteiger partial charge in [0, 0.05) is 11.6 Å². The molecule has 2 aromatic rings. The summed E-state index contributed by atoms with van der Waals surface area (Å²) in [5.41, 5.74) is 3.95. The smallest absolute Gasteiger partial charge is 0.0837 e. The van der Waals surface area contributed by atoms with Crippen LogP contribution in [0.25, 0.3) is 0 Å². The van der Waals surface area contributed by atoms with Gasteiger partial charge in [0.2, 0.25) is 0 Å². The Hall–Kier alpha value is -1.46. The molecule has 0 spiro atoms. The van der Waals surface area contributed by atoms with Crippen molar-refractivity contribution in [3.63, 3.8) is 0 Å². The molecule has 2 aromatic heterocycles. The highest BCUT2D eigenvalue weighted by Gasteiger charge is 2.24. The van der Waals surface area contributed by atoms with Crippen molar-refractivity contribution in [3.8, 4) is 0 Å². The first-order valence-electron chi connectivity index (χ1n) is 7.22. The van der Waals surface area contributed by atoms with Crippen molar-refractivity contribution in [1.29, 1.82) is 0 Å². The third kappa shape index (κ3) is 3.09. The van der Waals surface area contributed by atoms with E-state index in [0.717, 1.165) is 29.1 Å². The van der Waals surface area contributed by atoms with Crippen LogP contribution in [0.3, 0.4) is 0 Å². The van der Waals surface area contributed by atoms with Gasteiger partial charge in [0.25, 0.3) is 0 Å². The van der Waals surface area contributed by atoms with Crippen molar-refractivity contribution in [2.75, 3.05) is 7.05 Å². The van der Waals surface area contributed by atoms with E-state index in [0.29, 0.717) is 5.02 Å². The average molecular weight is 308 g/mol. The number of aromatic nitrogens is 4. The second-order valence-corrected chi connectivity index (χ2v) is 5.79. The molecule has 5 nitrogen and oxygen atoms in total. The van der Waals surface area contributed by atoms with Gasteiger partial charge in [0.15, 0.2) is 0 Å². The van der Waals surface area contributed by atoms with Gasteiger partial charge >= 0.3 is 0 Å². The quantitative estimate of drug-likeness (QED) is 0.922. The molecule has 6 heteroatoms. The first-order valence-corrected chi connectivity index (χ1v) is 7.60. The monoisotopic (exact) mass is 307 g/mol. The fraction of sp³-hybridized carbons (Fsp3) is 0.533. The lowest BCUT2D eigenvalue weighted by Gasteiger charge is -2.22. The molecule has 0 saturated heterocycles. The van der Waals surface area contributed by atoms with Crippen LogP contribution in [0, 0.1) is 6.92 Å². The van der Waals surface area contributed by atoms with Gasteiger partial charge in [0.05, 0.1) is 34.3 Å². The minimum Gasteiger partial charge on any atom is -0.308 e. The van der Waals surface area contributed by atoms with Crippen molar-refractivity contribution in [2.45, 2.75) is 46.2 Å². The molecule has 2 heterocycles. The molecule has 0 aliphatic carbocycles. The van der Waals surface area contributed by atoms with E-state index in [1.807, 2.05) is 18.7 Å². The standard InChI is InChI=1S/C15H22ClN5/c1-6-13-11(7-10(4)19-20-13)14(17-5)15-12(16)8-18-21(15)9(2)3/h7-9,14,17H,6H2,1-5H3. The maximum Gasteiger partial charge on any atom is 0.0837 e. The first-order chi connectivity index (χ1) is 9.99. The number of hydrogen-bond donors (Lipinski definition) is 1. The predicted octanol–water partition coefficient (Wildman–Crippen LogP) is 3.09. The molecular weight excluding hydrogens is 286 g/mol. The van der Waals surface area contributed by atoms with Gasteiger partial charge in [0.1, 0.15) is 0 Å². The summed E-state index contributed by atoms with van der Waals surface area (Å²) in [7, 11) is 1.92. The Morgan fingerprint density at radius 2 is 2.05 bits per heavy atom. The number of hydrogen-bond acceptors (Lipinski definition) is 4. The van der Waals surface area contributed by atoms with E-state index >= 15 is 0 Å². The summed E-state index contributed by atoms with van der Waals surface area (Å²) in [5.74, 6) is 0. The van der Waals surface area contributed by atoms with Crippen LogP contribution in [0.5, 0.6) is 0 Å². The third-order valence-corrected chi connectivity index (χ3v) is 3.80. The first kappa shape index (κ1) is 15.9. The molecule has 0 aliphatic rings. The maximum absolute atomic E-state index is 6.39. The van der Waals surface area contributed by atoms with Crippen molar-refractivity contribution >= 4 is 11.6 Å². The van der Waals surface area contributed by atoms with Crippen LogP contribution in [0.15, 0.2) is 12.3 Å². The Bertz CT molecular complexity index is 621. The topological polar surface area (TPSA) is 55.6 Å². The van der Waals surface area contributed by atoms with Crippen molar-refractivity contribution in [3.05, 3.63) is 39.9 Å². The number of nitrogens with one attached hydrogen (secondary N) is 1. The van der Waals surface area contributed by atoms with Crippen LogP contribution in [-0.2, 0) is 6.42 Å². The number of aryl methyl sites for hydroxylation is 2. The maximum atomic E-state index is 6.39. The zero-order chi connectivity index (χ0) is 15.6. The highest BCUT2D eigenvalue weighted by Crippen LogP contribution is 2.31. The van der Waals surface area contributed by atoms with Gasteiger partial charge in [-0.3, -0.25) is 4.68 Å². The minimum atomic E-state index is -0.0495. The minimum absolute atomic E-state index is 0.0495. The zero-order valence-corrected chi connectivity index (χ0v) is 13.9. The molecule has 0 saturated carbocycles. The molecule has 0 aliphatic heterocycles. The van der Waals surface area contributed by atoms with E-state index in [2.05, 4.69) is 47.5 Å². The lowest BCUT2D eigenvalue weighted by atomic mass is 10.00. The summed E-state index contributed by atoms with van der Waals surface area (Å²) in [5, 5.41) is 16.9. The Morgan fingerprint density at radius 1 is 1.33 bits per heavy atom. The molecule has 0 aromatic carbocycles. The molecule has 0 radical (unpaired) electrons. The summed E-state index contributed by atoms with van der Waals surface area (Å²) < 4.78 is 1.96. The van der Waals surface area contributed by atoms with Gasteiger partial charge in [-0.15, -0.1) is 0 Å². The van der Waals surface area contributed by atoms with Crippen molar-refractivity contribution < 1.29 is 0 Å². The zero-order valence-electron chi connectivity index (χ0n) is 13.2. The highest BCUT2D eigenvalue weighted by molar-refractivity contribution is 6.31. The lowest BCUT2D eigenvalue weighted by Crippen LogP contribution is -2.24. The fourth-order valence-corrected chi connectivity index (χ4v) is 2.77. The molecule has 1 unspecified atom stereocenters. The summed E-state index contributed by atoms with van der Waals surface area (Å²) in [4.78, 5) is 0. The van der Waals surface area contributed by atoms with Crippen LogP contribution >= 0.6 is 11.6 Å². The number of nitrogens with zero attached hydrogens (tertiary/aromatic N) is 4. The summed E-state index contributed by atoms with van der Waals surface area (Å²) in [6.07, 6.45) is 2.53. The largest absolute Gasteiger partial charge is 0.308 e. The fourth-order valence-electron chi connectivity index (χ4n) is 2.53. The molecule has 114 valence electrons.